The fourth-order valence-corrected chi connectivity index (χ4v) is 4.18. The molecule has 2 aliphatic rings. The molecule has 0 radical (unpaired) electrons. The summed E-state index contributed by atoms with van der Waals surface area (Å²) in [4.78, 5) is 19.5. The number of nitrogens with zero attached hydrogens (tertiary/aromatic N) is 1. The van der Waals surface area contributed by atoms with Crippen LogP contribution in [0, 0.1) is 11.8 Å². The first-order valence-corrected chi connectivity index (χ1v) is 7.86. The largest absolute Gasteiger partial charge is 0.346 e. The predicted octanol–water partition coefficient (Wildman–Crippen LogP) is 1.61. The first-order chi connectivity index (χ1) is 10.2. The monoisotopic (exact) mass is 305 g/mol. The van der Waals surface area contributed by atoms with Crippen LogP contribution < -0.4 is 10.9 Å². The predicted molar refractivity (Wildman–Crippen MR) is 79.7 cm³/mol. The number of quaternary nitrogens is 1. The Labute approximate surface area is 127 Å². The highest BCUT2D eigenvalue weighted by Crippen LogP contribution is 2.42. The highest BCUT2D eigenvalue weighted by atomic mass is 35.5. The number of aromatic nitrogens is 2. The number of carbonyl (C=O) groups is 1. The van der Waals surface area contributed by atoms with Gasteiger partial charge in [-0.15, -0.1) is 0 Å². The van der Waals surface area contributed by atoms with Crippen molar-refractivity contribution in [3.05, 3.63) is 29.0 Å². The number of aromatic amines is 1. The molecule has 3 unspecified atom stereocenters. The van der Waals surface area contributed by atoms with Crippen molar-refractivity contribution in [2.45, 2.75) is 31.7 Å². The minimum absolute atomic E-state index is 0.168. The number of rotatable bonds is 3. The Morgan fingerprint density at radius 3 is 3.10 bits per heavy atom. The fraction of sp³-hybridized carbons (Fsp3) is 0.467. The van der Waals surface area contributed by atoms with E-state index in [0.717, 1.165) is 17.2 Å². The van der Waals surface area contributed by atoms with Crippen molar-refractivity contribution in [2.75, 3.05) is 0 Å². The Hall–Kier alpha value is -1.59. The molecule has 2 aliphatic carbocycles. The summed E-state index contributed by atoms with van der Waals surface area (Å²) in [5.41, 5.74) is 6.04. The lowest BCUT2D eigenvalue weighted by Gasteiger charge is -2.19. The van der Waals surface area contributed by atoms with Crippen LogP contribution in [0.1, 0.15) is 36.0 Å². The van der Waals surface area contributed by atoms with E-state index in [1.807, 2.05) is 11.5 Å². The summed E-state index contributed by atoms with van der Waals surface area (Å²) in [5.74, 6) is 1.46. The molecule has 3 atom stereocenters. The number of hydrogen-bond donors (Lipinski definition) is 3. The SMILES string of the molecule is O=C(N[NH2+]C1CC2CCC1C2)c1cnc2[nH]ccc2c1Cl. The third-order valence-electron chi connectivity index (χ3n) is 4.99. The number of amides is 1. The molecule has 0 aliphatic heterocycles. The van der Waals surface area contributed by atoms with Crippen LogP contribution in [-0.4, -0.2) is 21.9 Å². The second kappa shape index (κ2) is 5.00. The molecule has 4 rings (SSSR count). The van der Waals surface area contributed by atoms with Gasteiger partial charge in [0.15, 0.2) is 0 Å². The normalized spacial score (nSPS) is 27.4. The van der Waals surface area contributed by atoms with E-state index in [9.17, 15) is 4.79 Å². The van der Waals surface area contributed by atoms with E-state index in [4.69, 9.17) is 11.6 Å². The minimum atomic E-state index is -0.168. The highest BCUT2D eigenvalue weighted by Gasteiger charge is 2.42. The van der Waals surface area contributed by atoms with Gasteiger partial charge in [-0.1, -0.05) is 11.6 Å². The molecule has 2 fully saturated rings. The maximum absolute atomic E-state index is 12.3. The van der Waals surface area contributed by atoms with Gasteiger partial charge in [-0.25, -0.2) is 15.8 Å². The molecule has 21 heavy (non-hydrogen) atoms. The van der Waals surface area contributed by atoms with Gasteiger partial charge >= 0.3 is 0 Å². The molecule has 110 valence electrons. The molecule has 0 saturated heterocycles. The van der Waals surface area contributed by atoms with Crippen LogP contribution in [0.5, 0.6) is 0 Å². The van der Waals surface area contributed by atoms with Crippen molar-refractivity contribution < 1.29 is 10.2 Å². The quantitative estimate of drug-likeness (QED) is 0.458. The van der Waals surface area contributed by atoms with Crippen LogP contribution >= 0.6 is 11.6 Å². The van der Waals surface area contributed by atoms with E-state index in [1.165, 1.54) is 31.9 Å². The zero-order chi connectivity index (χ0) is 14.4. The van der Waals surface area contributed by atoms with Gasteiger partial charge in [-0.2, -0.15) is 0 Å². The number of fused-ring (bicyclic) bond motifs is 3. The van der Waals surface area contributed by atoms with Crippen LogP contribution in [0.3, 0.4) is 0 Å². The summed E-state index contributed by atoms with van der Waals surface area (Å²) in [6.07, 6.45) is 8.52. The standard InChI is InChI=1S/C15H17ClN4O/c16-13-10-3-4-17-14(10)18-7-11(13)15(21)20-19-12-6-8-1-2-9(12)5-8/h3-4,7-9,12,19H,1-2,5-6H2,(H,17,18)(H,20,21)/p+1. The molecule has 2 saturated carbocycles. The second-order valence-electron chi connectivity index (χ2n) is 6.20. The van der Waals surface area contributed by atoms with Gasteiger partial charge in [-0.3, -0.25) is 4.79 Å². The van der Waals surface area contributed by atoms with Gasteiger partial charge in [0.05, 0.1) is 10.6 Å². The minimum Gasteiger partial charge on any atom is -0.346 e. The van der Waals surface area contributed by atoms with Crippen LogP contribution in [0.2, 0.25) is 5.02 Å². The van der Waals surface area contributed by atoms with Crippen molar-refractivity contribution in [3.63, 3.8) is 0 Å². The van der Waals surface area contributed by atoms with Crippen molar-refractivity contribution in [2.24, 2.45) is 11.8 Å². The zero-order valence-corrected chi connectivity index (χ0v) is 12.4. The average molecular weight is 306 g/mol. The highest BCUT2D eigenvalue weighted by molar-refractivity contribution is 6.38. The Bertz CT molecular complexity index is 698. The van der Waals surface area contributed by atoms with Gasteiger partial charge in [0.25, 0.3) is 5.91 Å². The summed E-state index contributed by atoms with van der Waals surface area (Å²) in [5, 5.41) is 1.24. The molecule has 6 heteroatoms. The molecule has 2 aromatic rings. The molecule has 2 bridgehead atoms. The van der Waals surface area contributed by atoms with E-state index < -0.39 is 0 Å². The van der Waals surface area contributed by atoms with E-state index in [1.54, 1.807) is 6.20 Å². The number of nitrogen functional groups attached to an aromatic ring is 1. The number of nitrogens with one attached hydrogen (secondary N) is 2. The lowest BCUT2D eigenvalue weighted by Crippen LogP contribution is -2.99. The maximum atomic E-state index is 12.3. The average Bonchev–Trinajstić information content (AvgIpc) is 3.20. The molecule has 2 aromatic heterocycles. The van der Waals surface area contributed by atoms with Crippen LogP contribution in [-0.2, 0) is 0 Å². The summed E-state index contributed by atoms with van der Waals surface area (Å²) in [6, 6.07) is 2.36. The second-order valence-corrected chi connectivity index (χ2v) is 6.58. The molecule has 1 amide bonds. The number of hydrogen-bond acceptors (Lipinski definition) is 2. The molecular weight excluding hydrogens is 288 g/mol. The molecule has 0 aromatic carbocycles. The summed E-state index contributed by atoms with van der Waals surface area (Å²) in [6.45, 7) is 0. The number of carbonyl (C=O) groups excluding carboxylic acids is 1. The van der Waals surface area contributed by atoms with Gasteiger partial charge in [0.2, 0.25) is 0 Å². The van der Waals surface area contributed by atoms with Gasteiger partial charge in [-0.05, 0) is 31.2 Å². The number of halogens is 1. The van der Waals surface area contributed by atoms with E-state index in [2.05, 4.69) is 15.4 Å². The molecule has 2 heterocycles. The van der Waals surface area contributed by atoms with Crippen molar-refractivity contribution >= 4 is 28.5 Å². The summed E-state index contributed by atoms with van der Waals surface area (Å²) < 4.78 is 0. The van der Waals surface area contributed by atoms with E-state index in [0.29, 0.717) is 22.3 Å². The van der Waals surface area contributed by atoms with E-state index >= 15 is 0 Å². The topological polar surface area (TPSA) is 74.4 Å². The lowest BCUT2D eigenvalue weighted by atomic mass is 9.96. The first-order valence-electron chi connectivity index (χ1n) is 7.48. The smallest absolute Gasteiger partial charge is 0.298 e. The zero-order valence-electron chi connectivity index (χ0n) is 11.6. The summed E-state index contributed by atoms with van der Waals surface area (Å²) in [7, 11) is 0. The van der Waals surface area contributed by atoms with Crippen molar-refractivity contribution in [1.82, 2.24) is 15.4 Å². The van der Waals surface area contributed by atoms with Crippen molar-refractivity contribution in [1.29, 1.82) is 0 Å². The third-order valence-corrected chi connectivity index (χ3v) is 5.39. The number of nitrogens with two attached hydrogens (primary N) is 1. The molecule has 4 N–H and O–H groups in total. The van der Waals surface area contributed by atoms with Crippen LogP contribution in [0.25, 0.3) is 11.0 Å². The van der Waals surface area contributed by atoms with Gasteiger partial charge in [0, 0.05) is 30.1 Å². The Kier molecular flexibility index (Phi) is 3.12. The third kappa shape index (κ3) is 2.21. The van der Waals surface area contributed by atoms with Gasteiger partial charge < -0.3 is 4.98 Å². The molecule has 0 spiro atoms. The van der Waals surface area contributed by atoms with Crippen molar-refractivity contribution in [3.8, 4) is 0 Å². The number of H-pyrrole nitrogens is 1. The maximum Gasteiger partial charge on any atom is 0.298 e. The lowest BCUT2D eigenvalue weighted by molar-refractivity contribution is -0.734. The fourth-order valence-electron chi connectivity index (χ4n) is 3.89. The Morgan fingerprint density at radius 2 is 2.33 bits per heavy atom. The van der Waals surface area contributed by atoms with Crippen LogP contribution in [0.15, 0.2) is 18.5 Å². The summed E-state index contributed by atoms with van der Waals surface area (Å²) >= 11 is 6.30. The van der Waals surface area contributed by atoms with Gasteiger partial charge in [0.1, 0.15) is 11.7 Å². The molecular formula is C15H18ClN4O+. The first kappa shape index (κ1) is 13.1. The molecule has 5 nitrogen and oxygen atoms in total. The van der Waals surface area contributed by atoms with Crippen LogP contribution in [0.4, 0.5) is 0 Å². The van der Waals surface area contributed by atoms with E-state index in [-0.39, 0.29) is 5.91 Å². The Morgan fingerprint density at radius 1 is 1.43 bits per heavy atom. The Balaban J connectivity index is 1.47. The number of pyridine rings is 1.